The minimum atomic E-state index is 0.729. The second-order valence-electron chi connectivity index (χ2n) is 5.44. The third kappa shape index (κ3) is 3.48. The first-order chi connectivity index (χ1) is 11.2. The lowest BCUT2D eigenvalue weighted by atomic mass is 10.1. The first-order valence-electron chi connectivity index (χ1n) is 7.72. The van der Waals surface area contributed by atoms with E-state index in [9.17, 15) is 0 Å². The van der Waals surface area contributed by atoms with E-state index in [1.54, 1.807) is 0 Å². The van der Waals surface area contributed by atoms with Gasteiger partial charge in [0, 0.05) is 23.0 Å². The number of hydrogen-bond acceptors (Lipinski definition) is 4. The fourth-order valence-corrected chi connectivity index (χ4v) is 2.53. The van der Waals surface area contributed by atoms with Crippen LogP contribution in [0.25, 0.3) is 11.3 Å². The zero-order chi connectivity index (χ0) is 16.2. The van der Waals surface area contributed by atoms with E-state index in [1.165, 1.54) is 0 Å². The molecule has 3 aromatic rings. The van der Waals surface area contributed by atoms with Crippen LogP contribution >= 0.6 is 0 Å². The molecule has 4 heteroatoms. The summed E-state index contributed by atoms with van der Waals surface area (Å²) in [4.78, 5) is 8.98. The molecule has 3 rings (SSSR count). The van der Waals surface area contributed by atoms with Crippen molar-refractivity contribution >= 4 is 17.2 Å². The smallest absolute Gasteiger partial charge is 0.134 e. The summed E-state index contributed by atoms with van der Waals surface area (Å²) in [5.74, 6) is 1.49. The summed E-state index contributed by atoms with van der Waals surface area (Å²) in [6.45, 7) is 3.99. The molecular formula is C19H20N4. The molecule has 0 radical (unpaired) electrons. The average molecular weight is 304 g/mol. The molecular weight excluding hydrogens is 284 g/mol. The van der Waals surface area contributed by atoms with Crippen LogP contribution in [0.2, 0.25) is 0 Å². The van der Waals surface area contributed by atoms with Crippen LogP contribution in [0.15, 0.2) is 54.6 Å². The van der Waals surface area contributed by atoms with Gasteiger partial charge in [-0.1, -0.05) is 43.3 Å². The summed E-state index contributed by atoms with van der Waals surface area (Å²) < 4.78 is 0. The number of nitrogens with one attached hydrogen (secondary N) is 1. The van der Waals surface area contributed by atoms with Gasteiger partial charge in [0.05, 0.1) is 5.69 Å². The topological polar surface area (TPSA) is 63.8 Å². The van der Waals surface area contributed by atoms with Crippen molar-refractivity contribution in [3.63, 3.8) is 0 Å². The van der Waals surface area contributed by atoms with Crippen molar-refractivity contribution in [2.24, 2.45) is 0 Å². The van der Waals surface area contributed by atoms with Crippen LogP contribution in [-0.2, 0) is 6.42 Å². The number of benzene rings is 2. The van der Waals surface area contributed by atoms with Crippen LogP contribution in [-0.4, -0.2) is 9.97 Å². The van der Waals surface area contributed by atoms with Crippen molar-refractivity contribution in [3.05, 3.63) is 66.0 Å². The Morgan fingerprint density at radius 2 is 1.78 bits per heavy atom. The molecule has 0 saturated carbocycles. The van der Waals surface area contributed by atoms with Crippen LogP contribution in [0.4, 0.5) is 17.2 Å². The van der Waals surface area contributed by atoms with E-state index in [0.717, 1.165) is 46.3 Å². The minimum Gasteiger partial charge on any atom is -0.398 e. The van der Waals surface area contributed by atoms with Crippen molar-refractivity contribution in [1.29, 1.82) is 0 Å². The van der Waals surface area contributed by atoms with Gasteiger partial charge in [0.15, 0.2) is 0 Å². The fourth-order valence-electron chi connectivity index (χ4n) is 2.53. The zero-order valence-corrected chi connectivity index (χ0v) is 13.4. The molecule has 0 unspecified atom stereocenters. The second-order valence-corrected chi connectivity index (χ2v) is 5.44. The Morgan fingerprint density at radius 1 is 1.00 bits per heavy atom. The molecule has 4 nitrogen and oxygen atoms in total. The number of rotatable bonds is 4. The van der Waals surface area contributed by atoms with Crippen molar-refractivity contribution in [1.82, 2.24) is 9.97 Å². The van der Waals surface area contributed by atoms with Crippen LogP contribution in [0, 0.1) is 6.92 Å². The van der Waals surface area contributed by atoms with Crippen molar-refractivity contribution < 1.29 is 0 Å². The third-order valence-corrected chi connectivity index (χ3v) is 3.71. The number of aromatic nitrogens is 2. The quantitative estimate of drug-likeness (QED) is 0.704. The van der Waals surface area contributed by atoms with Crippen molar-refractivity contribution in [2.75, 3.05) is 11.1 Å². The number of nitrogens with two attached hydrogens (primary N) is 1. The van der Waals surface area contributed by atoms with E-state index in [1.807, 2.05) is 61.5 Å². The average Bonchev–Trinajstić information content (AvgIpc) is 2.55. The van der Waals surface area contributed by atoms with Gasteiger partial charge in [-0.25, -0.2) is 9.97 Å². The van der Waals surface area contributed by atoms with Crippen LogP contribution in [0.5, 0.6) is 0 Å². The molecule has 23 heavy (non-hydrogen) atoms. The Morgan fingerprint density at radius 3 is 2.48 bits per heavy atom. The Hall–Kier alpha value is -2.88. The van der Waals surface area contributed by atoms with Gasteiger partial charge in [0.25, 0.3) is 0 Å². The number of anilines is 3. The summed E-state index contributed by atoms with van der Waals surface area (Å²) in [6.07, 6.45) is 0.927. The molecule has 0 saturated heterocycles. The van der Waals surface area contributed by atoms with Crippen LogP contribution in [0.1, 0.15) is 18.3 Å². The maximum Gasteiger partial charge on any atom is 0.134 e. The van der Waals surface area contributed by atoms with Gasteiger partial charge in [-0.2, -0.15) is 0 Å². The molecule has 0 aliphatic carbocycles. The van der Waals surface area contributed by atoms with Gasteiger partial charge >= 0.3 is 0 Å². The molecule has 0 aliphatic heterocycles. The standard InChI is InChI=1S/C19H20N4/c1-3-14-9-10-16(11-17(14)20)23-19-12-18(21-13(2)22-19)15-7-5-4-6-8-15/h4-12H,3,20H2,1-2H3,(H,21,22,23). The lowest BCUT2D eigenvalue weighted by Crippen LogP contribution is -2.00. The summed E-state index contributed by atoms with van der Waals surface area (Å²) >= 11 is 0. The summed E-state index contributed by atoms with van der Waals surface area (Å²) in [7, 11) is 0. The Kier molecular flexibility index (Phi) is 4.24. The number of nitrogens with zero attached hydrogens (tertiary/aromatic N) is 2. The lowest BCUT2D eigenvalue weighted by Gasteiger charge is -2.11. The Labute approximate surface area is 136 Å². The molecule has 2 aromatic carbocycles. The van der Waals surface area contributed by atoms with E-state index < -0.39 is 0 Å². The third-order valence-electron chi connectivity index (χ3n) is 3.71. The number of nitrogen functional groups attached to an aromatic ring is 1. The highest BCUT2D eigenvalue weighted by atomic mass is 15.0. The summed E-state index contributed by atoms with van der Waals surface area (Å²) in [6, 6.07) is 18.0. The fraction of sp³-hybridized carbons (Fsp3) is 0.158. The van der Waals surface area contributed by atoms with Crippen molar-refractivity contribution in [3.8, 4) is 11.3 Å². The Bertz CT molecular complexity index is 813. The minimum absolute atomic E-state index is 0.729. The maximum atomic E-state index is 6.06. The molecule has 0 aliphatic rings. The molecule has 0 spiro atoms. The van der Waals surface area contributed by atoms with Gasteiger partial charge in [0.1, 0.15) is 11.6 Å². The normalized spacial score (nSPS) is 10.5. The van der Waals surface area contributed by atoms with Crippen LogP contribution in [0.3, 0.4) is 0 Å². The molecule has 0 amide bonds. The first kappa shape index (κ1) is 15.0. The highest BCUT2D eigenvalue weighted by molar-refractivity contribution is 5.68. The lowest BCUT2D eigenvalue weighted by molar-refractivity contribution is 1.06. The highest BCUT2D eigenvalue weighted by Crippen LogP contribution is 2.24. The molecule has 3 N–H and O–H groups in total. The molecule has 116 valence electrons. The van der Waals surface area contributed by atoms with E-state index in [4.69, 9.17) is 5.73 Å². The summed E-state index contributed by atoms with van der Waals surface area (Å²) in [5.41, 5.74) is 10.9. The zero-order valence-electron chi connectivity index (χ0n) is 13.4. The maximum absolute atomic E-state index is 6.06. The molecule has 0 bridgehead atoms. The van der Waals surface area contributed by atoms with Crippen molar-refractivity contribution in [2.45, 2.75) is 20.3 Å². The predicted octanol–water partition coefficient (Wildman–Crippen LogP) is 4.34. The van der Waals surface area contributed by atoms with E-state index >= 15 is 0 Å². The van der Waals surface area contributed by atoms with E-state index in [-0.39, 0.29) is 0 Å². The Balaban J connectivity index is 1.91. The van der Waals surface area contributed by atoms with Gasteiger partial charge in [-0.15, -0.1) is 0 Å². The number of hydrogen-bond donors (Lipinski definition) is 2. The van der Waals surface area contributed by atoms with Gasteiger partial charge in [0.2, 0.25) is 0 Å². The molecule has 0 fully saturated rings. The van der Waals surface area contributed by atoms with Crippen LogP contribution < -0.4 is 11.1 Å². The second kappa shape index (κ2) is 6.48. The van der Waals surface area contributed by atoms with Gasteiger partial charge in [-0.05, 0) is 31.0 Å². The van der Waals surface area contributed by atoms with Gasteiger partial charge in [-0.3, -0.25) is 0 Å². The first-order valence-corrected chi connectivity index (χ1v) is 7.72. The summed E-state index contributed by atoms with van der Waals surface area (Å²) in [5, 5.41) is 3.32. The van der Waals surface area contributed by atoms with E-state index in [2.05, 4.69) is 22.2 Å². The monoisotopic (exact) mass is 304 g/mol. The molecule has 0 atom stereocenters. The van der Waals surface area contributed by atoms with E-state index in [0.29, 0.717) is 0 Å². The van der Waals surface area contributed by atoms with Gasteiger partial charge < -0.3 is 11.1 Å². The predicted molar refractivity (Wildman–Crippen MR) is 95.7 cm³/mol. The largest absolute Gasteiger partial charge is 0.398 e. The molecule has 1 heterocycles. The SMILES string of the molecule is CCc1ccc(Nc2cc(-c3ccccc3)nc(C)n2)cc1N. The number of aryl methyl sites for hydroxylation is 2. The highest BCUT2D eigenvalue weighted by Gasteiger charge is 2.06. The molecule has 1 aromatic heterocycles.